The highest BCUT2D eigenvalue weighted by atomic mass is 79.9. The van der Waals surface area contributed by atoms with Crippen LogP contribution < -0.4 is 5.32 Å². The van der Waals surface area contributed by atoms with Crippen molar-refractivity contribution < 1.29 is 0 Å². The van der Waals surface area contributed by atoms with Gasteiger partial charge < -0.3 is 5.32 Å². The fourth-order valence-electron chi connectivity index (χ4n) is 1.74. The second-order valence-electron chi connectivity index (χ2n) is 4.56. The molecule has 0 amide bonds. The Bertz CT molecular complexity index is 519. The van der Waals surface area contributed by atoms with E-state index in [0.717, 1.165) is 23.0 Å². The monoisotopic (exact) mass is 312 g/mol. The predicted molar refractivity (Wildman–Crippen MR) is 78.9 cm³/mol. The topological polar surface area (TPSA) is 24.9 Å². The predicted octanol–water partition coefficient (Wildman–Crippen LogP) is 3.91. The number of rotatable bonds is 4. The van der Waals surface area contributed by atoms with Gasteiger partial charge in [0.15, 0.2) is 0 Å². The first-order valence-electron chi connectivity index (χ1n) is 5.85. The summed E-state index contributed by atoms with van der Waals surface area (Å²) in [4.78, 5) is 4.68. The molecule has 1 N–H and O–H groups in total. The van der Waals surface area contributed by atoms with Crippen molar-refractivity contribution in [2.45, 2.75) is 33.2 Å². The third kappa shape index (κ3) is 3.27. The van der Waals surface area contributed by atoms with Gasteiger partial charge in [-0.05, 0) is 40.5 Å². The molecule has 0 fully saturated rings. The molecule has 2 aromatic rings. The summed E-state index contributed by atoms with van der Waals surface area (Å²) in [6.45, 7) is 7.44. The molecule has 4 heteroatoms. The van der Waals surface area contributed by atoms with Crippen LogP contribution in [0.3, 0.4) is 0 Å². The first-order valence-corrected chi connectivity index (χ1v) is 7.46. The Morgan fingerprint density at radius 2 is 2.18 bits per heavy atom. The number of nitrogens with one attached hydrogen (secondary N) is 1. The highest BCUT2D eigenvalue weighted by molar-refractivity contribution is 9.10. The molecular formula is C13H17BrN2S. The number of benzene rings is 1. The van der Waals surface area contributed by atoms with Crippen molar-refractivity contribution in [2.24, 2.45) is 0 Å². The van der Waals surface area contributed by atoms with Crippen molar-refractivity contribution in [3.63, 3.8) is 0 Å². The molecule has 17 heavy (non-hydrogen) atoms. The summed E-state index contributed by atoms with van der Waals surface area (Å²) in [5.41, 5.74) is 2.38. The first-order chi connectivity index (χ1) is 8.06. The van der Waals surface area contributed by atoms with E-state index in [-0.39, 0.29) is 0 Å². The fourth-order valence-corrected chi connectivity index (χ4v) is 3.62. The van der Waals surface area contributed by atoms with Gasteiger partial charge in [-0.15, -0.1) is 11.3 Å². The normalized spacial score (nSPS) is 11.6. The molecule has 0 saturated heterocycles. The maximum absolute atomic E-state index is 4.68. The van der Waals surface area contributed by atoms with Gasteiger partial charge in [-0.25, -0.2) is 4.98 Å². The molecule has 0 spiro atoms. The highest BCUT2D eigenvalue weighted by Gasteiger charge is 2.07. The highest BCUT2D eigenvalue weighted by Crippen LogP contribution is 2.29. The molecule has 0 unspecified atom stereocenters. The van der Waals surface area contributed by atoms with E-state index < -0.39 is 0 Å². The van der Waals surface area contributed by atoms with Crippen LogP contribution >= 0.6 is 27.3 Å². The molecule has 92 valence electrons. The second kappa shape index (κ2) is 5.46. The number of thiazole rings is 1. The Hall–Kier alpha value is -0.450. The average molecular weight is 313 g/mol. The van der Waals surface area contributed by atoms with E-state index in [4.69, 9.17) is 0 Å². The van der Waals surface area contributed by atoms with Gasteiger partial charge >= 0.3 is 0 Å². The number of nitrogens with zero attached hydrogens (tertiary/aromatic N) is 1. The maximum Gasteiger partial charge on any atom is 0.0957 e. The first kappa shape index (κ1) is 13.0. The Labute approximate surface area is 115 Å². The zero-order valence-electron chi connectivity index (χ0n) is 10.4. The molecule has 1 aromatic heterocycles. The molecule has 0 aliphatic heterocycles. The number of aromatic nitrogens is 1. The molecular weight excluding hydrogens is 296 g/mol. The van der Waals surface area contributed by atoms with E-state index in [9.17, 15) is 0 Å². The molecule has 1 heterocycles. The molecule has 0 saturated carbocycles. The summed E-state index contributed by atoms with van der Waals surface area (Å²) in [7, 11) is 0. The van der Waals surface area contributed by atoms with Crippen LogP contribution in [0, 0.1) is 6.92 Å². The van der Waals surface area contributed by atoms with Gasteiger partial charge in [0, 0.05) is 23.5 Å². The number of halogens is 1. The molecule has 0 atom stereocenters. The summed E-state index contributed by atoms with van der Waals surface area (Å²) in [6, 6.07) is 4.87. The van der Waals surface area contributed by atoms with Crippen molar-refractivity contribution in [1.82, 2.24) is 10.3 Å². The minimum atomic E-state index is 0.540. The fraction of sp³-hybridized carbons (Fsp3) is 0.462. The maximum atomic E-state index is 4.68. The minimum Gasteiger partial charge on any atom is -0.314 e. The number of fused-ring (bicyclic) bond motifs is 1. The van der Waals surface area contributed by atoms with Crippen molar-refractivity contribution in [3.8, 4) is 0 Å². The second-order valence-corrected chi connectivity index (χ2v) is 6.53. The molecule has 2 rings (SSSR count). The third-order valence-electron chi connectivity index (χ3n) is 2.53. The molecule has 0 aliphatic rings. The Kier molecular flexibility index (Phi) is 4.17. The van der Waals surface area contributed by atoms with Crippen LogP contribution in [0.15, 0.2) is 16.6 Å². The van der Waals surface area contributed by atoms with Crippen LogP contribution in [-0.2, 0) is 6.42 Å². The average Bonchev–Trinajstić information content (AvgIpc) is 2.60. The molecule has 2 nitrogen and oxygen atoms in total. The zero-order valence-corrected chi connectivity index (χ0v) is 12.8. The van der Waals surface area contributed by atoms with Crippen molar-refractivity contribution in [1.29, 1.82) is 0 Å². The standard InChI is InChI=1S/C13H17BrN2S/c1-8(2)15-5-4-12-16-13-10(14)6-9(3)7-11(13)17-12/h6-8,15H,4-5H2,1-3H3. The van der Waals surface area contributed by atoms with Crippen molar-refractivity contribution in [3.05, 3.63) is 27.2 Å². The largest absolute Gasteiger partial charge is 0.314 e. The van der Waals surface area contributed by atoms with Gasteiger partial charge in [0.05, 0.1) is 15.2 Å². The number of hydrogen-bond donors (Lipinski definition) is 1. The lowest BCUT2D eigenvalue weighted by atomic mass is 10.2. The Balaban J connectivity index is 2.17. The third-order valence-corrected chi connectivity index (χ3v) is 4.20. The van der Waals surface area contributed by atoms with E-state index in [1.54, 1.807) is 11.3 Å². The van der Waals surface area contributed by atoms with Crippen LogP contribution in [0.5, 0.6) is 0 Å². The van der Waals surface area contributed by atoms with Crippen LogP contribution in [0.1, 0.15) is 24.4 Å². The van der Waals surface area contributed by atoms with Gasteiger partial charge in [0.25, 0.3) is 0 Å². The van der Waals surface area contributed by atoms with Gasteiger partial charge in [-0.3, -0.25) is 0 Å². The van der Waals surface area contributed by atoms with Crippen LogP contribution in [0.2, 0.25) is 0 Å². The van der Waals surface area contributed by atoms with E-state index in [1.807, 2.05) is 0 Å². The molecule has 0 bridgehead atoms. The van der Waals surface area contributed by atoms with Gasteiger partial charge in [0.2, 0.25) is 0 Å². The summed E-state index contributed by atoms with van der Waals surface area (Å²) in [6.07, 6.45) is 1.00. The Morgan fingerprint density at radius 1 is 1.41 bits per heavy atom. The van der Waals surface area contributed by atoms with E-state index in [1.165, 1.54) is 15.3 Å². The molecule has 1 aromatic carbocycles. The van der Waals surface area contributed by atoms with E-state index >= 15 is 0 Å². The minimum absolute atomic E-state index is 0.540. The van der Waals surface area contributed by atoms with Gasteiger partial charge in [0.1, 0.15) is 0 Å². The quantitative estimate of drug-likeness (QED) is 0.926. The van der Waals surface area contributed by atoms with Crippen molar-refractivity contribution >= 4 is 37.5 Å². The van der Waals surface area contributed by atoms with Crippen LogP contribution in [0.4, 0.5) is 0 Å². The summed E-state index contributed by atoms with van der Waals surface area (Å²) < 4.78 is 2.38. The number of hydrogen-bond acceptors (Lipinski definition) is 3. The SMILES string of the molecule is Cc1cc(Br)c2nc(CCNC(C)C)sc2c1. The summed E-state index contributed by atoms with van der Waals surface area (Å²) in [5.74, 6) is 0. The van der Waals surface area contributed by atoms with Crippen LogP contribution in [-0.4, -0.2) is 17.6 Å². The van der Waals surface area contributed by atoms with Gasteiger partial charge in [-0.2, -0.15) is 0 Å². The summed E-state index contributed by atoms with van der Waals surface area (Å²) >= 11 is 5.38. The lowest BCUT2D eigenvalue weighted by molar-refractivity contribution is 0.590. The molecule has 0 radical (unpaired) electrons. The lowest BCUT2D eigenvalue weighted by Gasteiger charge is -2.05. The van der Waals surface area contributed by atoms with Crippen LogP contribution in [0.25, 0.3) is 10.2 Å². The summed E-state index contributed by atoms with van der Waals surface area (Å²) in [5, 5.41) is 4.63. The Morgan fingerprint density at radius 3 is 2.88 bits per heavy atom. The zero-order chi connectivity index (χ0) is 12.4. The van der Waals surface area contributed by atoms with Crippen molar-refractivity contribution in [2.75, 3.05) is 6.54 Å². The van der Waals surface area contributed by atoms with Gasteiger partial charge in [-0.1, -0.05) is 13.8 Å². The lowest BCUT2D eigenvalue weighted by Crippen LogP contribution is -2.24. The molecule has 0 aliphatic carbocycles. The number of aryl methyl sites for hydroxylation is 1. The smallest absolute Gasteiger partial charge is 0.0957 e. The van der Waals surface area contributed by atoms with E-state index in [2.05, 4.69) is 59.1 Å². The van der Waals surface area contributed by atoms with E-state index in [0.29, 0.717) is 6.04 Å².